The molecule has 2 heteroatoms. The first-order valence-corrected chi connectivity index (χ1v) is 5.41. The van der Waals surface area contributed by atoms with Crippen molar-refractivity contribution in [1.82, 2.24) is 10.2 Å². The van der Waals surface area contributed by atoms with Crippen molar-refractivity contribution < 1.29 is 0 Å². The molecule has 0 spiro atoms. The van der Waals surface area contributed by atoms with E-state index in [0.29, 0.717) is 0 Å². The van der Waals surface area contributed by atoms with Gasteiger partial charge in [-0.1, -0.05) is 30.3 Å². The maximum Gasteiger partial charge on any atom is 0.0247 e. The SMILES string of the molecule is c1ccc(CN2CC3CN[C@@H]3C2)cc1. The molecule has 2 heterocycles. The van der Waals surface area contributed by atoms with Gasteiger partial charge in [-0.3, -0.25) is 4.90 Å². The van der Waals surface area contributed by atoms with Gasteiger partial charge in [0.15, 0.2) is 0 Å². The first kappa shape index (κ1) is 8.45. The third kappa shape index (κ3) is 1.45. The van der Waals surface area contributed by atoms with Crippen molar-refractivity contribution in [3.63, 3.8) is 0 Å². The Balaban J connectivity index is 1.63. The number of nitrogens with one attached hydrogen (secondary N) is 1. The highest BCUT2D eigenvalue weighted by atomic mass is 15.2. The second-order valence-corrected chi connectivity index (χ2v) is 4.45. The van der Waals surface area contributed by atoms with E-state index in [9.17, 15) is 0 Å². The quantitative estimate of drug-likeness (QED) is 0.747. The molecule has 3 rings (SSSR count). The highest BCUT2D eigenvalue weighted by molar-refractivity contribution is 5.15. The lowest BCUT2D eigenvalue weighted by Gasteiger charge is -2.30. The van der Waals surface area contributed by atoms with Crippen LogP contribution in [0.5, 0.6) is 0 Å². The van der Waals surface area contributed by atoms with Crippen LogP contribution in [0.3, 0.4) is 0 Å². The van der Waals surface area contributed by atoms with Crippen molar-refractivity contribution in [1.29, 1.82) is 0 Å². The van der Waals surface area contributed by atoms with Crippen molar-refractivity contribution in [3.05, 3.63) is 35.9 Å². The molecule has 2 fully saturated rings. The normalized spacial score (nSPS) is 31.1. The van der Waals surface area contributed by atoms with Crippen LogP contribution in [0.15, 0.2) is 30.3 Å². The highest BCUT2D eigenvalue weighted by Crippen LogP contribution is 2.24. The van der Waals surface area contributed by atoms with E-state index in [0.717, 1.165) is 18.5 Å². The summed E-state index contributed by atoms with van der Waals surface area (Å²) in [6.45, 7) is 4.87. The molecule has 2 aliphatic rings. The average Bonchev–Trinajstić information content (AvgIpc) is 2.46. The van der Waals surface area contributed by atoms with Crippen LogP contribution in [-0.2, 0) is 6.54 Å². The second-order valence-electron chi connectivity index (χ2n) is 4.45. The molecule has 0 aromatic heterocycles. The van der Waals surface area contributed by atoms with Gasteiger partial charge in [0.05, 0.1) is 0 Å². The molecule has 14 heavy (non-hydrogen) atoms. The second kappa shape index (κ2) is 3.37. The minimum atomic E-state index is 0.790. The van der Waals surface area contributed by atoms with Crippen molar-refractivity contribution in [2.75, 3.05) is 19.6 Å². The van der Waals surface area contributed by atoms with Crippen LogP contribution in [0.1, 0.15) is 5.56 Å². The van der Waals surface area contributed by atoms with Crippen LogP contribution in [0.4, 0.5) is 0 Å². The molecule has 0 aliphatic carbocycles. The van der Waals surface area contributed by atoms with E-state index in [1.807, 2.05) is 0 Å². The fourth-order valence-corrected chi connectivity index (χ4v) is 2.51. The molecule has 0 saturated carbocycles. The zero-order valence-corrected chi connectivity index (χ0v) is 8.32. The Morgan fingerprint density at radius 3 is 2.64 bits per heavy atom. The largest absolute Gasteiger partial charge is 0.312 e. The molecular weight excluding hydrogens is 172 g/mol. The van der Waals surface area contributed by atoms with Crippen LogP contribution in [0.2, 0.25) is 0 Å². The Hall–Kier alpha value is -0.860. The summed E-state index contributed by atoms with van der Waals surface area (Å²) in [5.74, 6) is 0.929. The molecule has 0 amide bonds. The number of hydrogen-bond donors (Lipinski definition) is 1. The van der Waals surface area contributed by atoms with Gasteiger partial charge >= 0.3 is 0 Å². The molecule has 2 saturated heterocycles. The lowest BCUT2D eigenvalue weighted by Crippen LogP contribution is -2.51. The number of fused-ring (bicyclic) bond motifs is 1. The lowest BCUT2D eigenvalue weighted by atomic mass is 9.96. The van der Waals surface area contributed by atoms with Crippen LogP contribution in [0.25, 0.3) is 0 Å². The summed E-state index contributed by atoms with van der Waals surface area (Å²) in [5.41, 5.74) is 1.44. The molecule has 74 valence electrons. The summed E-state index contributed by atoms with van der Waals surface area (Å²) >= 11 is 0. The van der Waals surface area contributed by atoms with Gasteiger partial charge in [0.25, 0.3) is 0 Å². The van der Waals surface area contributed by atoms with E-state index in [4.69, 9.17) is 0 Å². The molecular formula is C12H16N2. The topological polar surface area (TPSA) is 15.3 Å². The summed E-state index contributed by atoms with van der Waals surface area (Å²) in [6.07, 6.45) is 0. The van der Waals surface area contributed by atoms with Gasteiger partial charge < -0.3 is 5.32 Å². The van der Waals surface area contributed by atoms with Crippen LogP contribution < -0.4 is 5.32 Å². The fourth-order valence-electron chi connectivity index (χ4n) is 2.51. The number of benzene rings is 1. The van der Waals surface area contributed by atoms with Gasteiger partial charge in [0.1, 0.15) is 0 Å². The Morgan fingerprint density at radius 1 is 1.21 bits per heavy atom. The molecule has 1 unspecified atom stereocenters. The monoisotopic (exact) mass is 188 g/mol. The van der Waals surface area contributed by atoms with Gasteiger partial charge in [-0.2, -0.15) is 0 Å². The zero-order chi connectivity index (χ0) is 9.38. The van der Waals surface area contributed by atoms with Crippen molar-refractivity contribution >= 4 is 0 Å². The van der Waals surface area contributed by atoms with Gasteiger partial charge in [-0.25, -0.2) is 0 Å². The van der Waals surface area contributed by atoms with Crippen LogP contribution >= 0.6 is 0 Å². The standard InChI is InChI=1S/C12H16N2/c1-2-4-10(5-3-1)7-14-8-11-6-13-12(11)9-14/h1-5,11-13H,6-9H2/t11?,12-/m1/s1. The van der Waals surface area contributed by atoms with Gasteiger partial charge in [-0.05, 0) is 5.56 Å². The number of nitrogens with zero attached hydrogens (tertiary/aromatic N) is 1. The highest BCUT2D eigenvalue weighted by Gasteiger charge is 2.38. The first-order chi connectivity index (χ1) is 6.92. The molecule has 1 aromatic rings. The van der Waals surface area contributed by atoms with E-state index in [1.165, 1.54) is 25.2 Å². The first-order valence-electron chi connectivity index (χ1n) is 5.41. The van der Waals surface area contributed by atoms with E-state index >= 15 is 0 Å². The minimum Gasteiger partial charge on any atom is -0.312 e. The van der Waals surface area contributed by atoms with E-state index in [-0.39, 0.29) is 0 Å². The molecule has 0 bridgehead atoms. The summed E-state index contributed by atoms with van der Waals surface area (Å²) in [4.78, 5) is 2.56. The summed E-state index contributed by atoms with van der Waals surface area (Å²) < 4.78 is 0. The predicted octanol–water partition coefficient (Wildman–Crippen LogP) is 1.09. The minimum absolute atomic E-state index is 0.790. The summed E-state index contributed by atoms with van der Waals surface area (Å²) in [7, 11) is 0. The molecule has 1 N–H and O–H groups in total. The Kier molecular flexibility index (Phi) is 2.03. The van der Waals surface area contributed by atoms with Crippen molar-refractivity contribution in [2.24, 2.45) is 5.92 Å². The maximum atomic E-state index is 3.48. The molecule has 2 atom stereocenters. The number of hydrogen-bond acceptors (Lipinski definition) is 2. The van der Waals surface area contributed by atoms with E-state index < -0.39 is 0 Å². The molecule has 0 radical (unpaired) electrons. The van der Waals surface area contributed by atoms with Crippen molar-refractivity contribution in [2.45, 2.75) is 12.6 Å². The van der Waals surface area contributed by atoms with E-state index in [1.54, 1.807) is 0 Å². The Labute approximate surface area is 84.9 Å². The van der Waals surface area contributed by atoms with Crippen LogP contribution in [-0.4, -0.2) is 30.6 Å². The zero-order valence-electron chi connectivity index (χ0n) is 8.32. The van der Waals surface area contributed by atoms with Gasteiger partial charge in [0.2, 0.25) is 0 Å². The smallest absolute Gasteiger partial charge is 0.0247 e. The maximum absolute atomic E-state index is 3.48. The molecule has 1 aromatic carbocycles. The third-order valence-electron chi connectivity index (χ3n) is 3.41. The average molecular weight is 188 g/mol. The van der Waals surface area contributed by atoms with E-state index in [2.05, 4.69) is 40.5 Å². The number of likely N-dealkylation sites (tertiary alicyclic amines) is 1. The molecule has 2 aliphatic heterocycles. The summed E-state index contributed by atoms with van der Waals surface area (Å²) in [6, 6.07) is 11.6. The lowest BCUT2D eigenvalue weighted by molar-refractivity contribution is 0.295. The van der Waals surface area contributed by atoms with Crippen LogP contribution in [0, 0.1) is 5.92 Å². The Bertz CT molecular complexity index is 297. The number of rotatable bonds is 2. The summed E-state index contributed by atoms with van der Waals surface area (Å²) in [5, 5.41) is 3.48. The van der Waals surface area contributed by atoms with Gasteiger partial charge in [-0.15, -0.1) is 0 Å². The van der Waals surface area contributed by atoms with Crippen molar-refractivity contribution in [3.8, 4) is 0 Å². The van der Waals surface area contributed by atoms with Gasteiger partial charge in [0, 0.05) is 38.1 Å². The third-order valence-corrected chi connectivity index (χ3v) is 3.41. The predicted molar refractivity (Wildman–Crippen MR) is 57.0 cm³/mol. The Morgan fingerprint density at radius 2 is 2.07 bits per heavy atom. The molecule has 2 nitrogen and oxygen atoms in total. The fraction of sp³-hybridized carbons (Fsp3) is 0.500.